The molecule has 1 saturated heterocycles. The Morgan fingerprint density at radius 2 is 2.05 bits per heavy atom. The first-order valence-electron chi connectivity index (χ1n) is 6.69. The van der Waals surface area contributed by atoms with E-state index in [1.807, 2.05) is 12.1 Å². The summed E-state index contributed by atoms with van der Waals surface area (Å²) in [5.41, 5.74) is 1.27. The summed E-state index contributed by atoms with van der Waals surface area (Å²) in [4.78, 5) is 24.9. The third kappa shape index (κ3) is 2.17. The molecule has 1 aromatic carbocycles. The van der Waals surface area contributed by atoms with Gasteiger partial charge in [-0.3, -0.25) is 4.79 Å². The number of likely N-dealkylation sites (tertiary alicyclic amines) is 1. The first kappa shape index (κ1) is 13.6. The van der Waals surface area contributed by atoms with Gasteiger partial charge in [0.2, 0.25) is 0 Å². The molecule has 2 heterocycles. The topological polar surface area (TPSA) is 91.0 Å². The van der Waals surface area contributed by atoms with Gasteiger partial charge in [-0.1, -0.05) is 18.2 Å². The molecular weight excluding hydrogens is 274 g/mol. The number of aliphatic hydroxyl groups is 1. The Morgan fingerprint density at radius 3 is 2.71 bits per heavy atom. The van der Waals surface area contributed by atoms with Gasteiger partial charge in [0.1, 0.15) is 11.6 Å². The lowest BCUT2D eigenvalue weighted by Gasteiger charge is -2.20. The number of carbonyl (C=O) groups is 2. The molecule has 0 saturated carbocycles. The maximum Gasteiger partial charge on any atom is 0.326 e. The highest BCUT2D eigenvalue weighted by atomic mass is 16.4. The monoisotopic (exact) mass is 289 g/mol. The van der Waals surface area contributed by atoms with Crippen molar-refractivity contribution in [2.24, 2.45) is 0 Å². The minimum absolute atomic E-state index is 0.00624. The van der Waals surface area contributed by atoms with E-state index < -0.39 is 24.0 Å². The van der Waals surface area contributed by atoms with Crippen LogP contribution in [-0.2, 0) is 4.79 Å². The Kier molecular flexibility index (Phi) is 3.17. The summed E-state index contributed by atoms with van der Waals surface area (Å²) < 4.78 is 5.57. The number of benzene rings is 1. The maximum atomic E-state index is 12.6. The van der Waals surface area contributed by atoms with E-state index in [4.69, 9.17) is 4.42 Å². The Balaban J connectivity index is 2.00. The van der Waals surface area contributed by atoms with Crippen molar-refractivity contribution in [2.45, 2.75) is 25.5 Å². The van der Waals surface area contributed by atoms with Gasteiger partial charge in [0.25, 0.3) is 5.91 Å². The fourth-order valence-corrected chi connectivity index (χ4v) is 2.78. The number of furan rings is 1. The standard InChI is InChI=1S/C15H15NO5/c1-8-10-4-2-3-5-12(10)21-13(8)14(18)16-7-9(17)6-11(16)15(19)20/h2-5,9,11,17H,6-7H2,1H3,(H,19,20)/t9-,11+/m1/s1. The van der Waals surface area contributed by atoms with E-state index in [1.54, 1.807) is 19.1 Å². The molecule has 1 aliphatic rings. The zero-order valence-corrected chi connectivity index (χ0v) is 11.4. The van der Waals surface area contributed by atoms with Gasteiger partial charge in [-0.2, -0.15) is 0 Å². The predicted octanol–water partition coefficient (Wildman–Crippen LogP) is 1.40. The van der Waals surface area contributed by atoms with Crippen LogP contribution in [0.25, 0.3) is 11.0 Å². The smallest absolute Gasteiger partial charge is 0.326 e. The Hall–Kier alpha value is -2.34. The molecule has 0 bridgehead atoms. The summed E-state index contributed by atoms with van der Waals surface area (Å²) in [5, 5.41) is 19.6. The molecular formula is C15H15NO5. The van der Waals surface area contributed by atoms with Crippen molar-refractivity contribution in [1.29, 1.82) is 0 Å². The number of aryl methyl sites for hydroxylation is 1. The molecule has 0 spiro atoms. The fourth-order valence-electron chi connectivity index (χ4n) is 2.78. The highest BCUT2D eigenvalue weighted by Crippen LogP contribution is 2.28. The molecule has 2 atom stereocenters. The van der Waals surface area contributed by atoms with Crippen molar-refractivity contribution in [2.75, 3.05) is 6.54 Å². The van der Waals surface area contributed by atoms with Crippen molar-refractivity contribution in [3.8, 4) is 0 Å². The van der Waals surface area contributed by atoms with Gasteiger partial charge in [0.15, 0.2) is 5.76 Å². The first-order valence-corrected chi connectivity index (χ1v) is 6.69. The molecule has 110 valence electrons. The Bertz CT molecular complexity index is 720. The zero-order chi connectivity index (χ0) is 15.1. The van der Waals surface area contributed by atoms with E-state index in [9.17, 15) is 19.8 Å². The molecule has 0 unspecified atom stereocenters. The summed E-state index contributed by atoms with van der Waals surface area (Å²) in [6.45, 7) is 1.77. The number of fused-ring (bicyclic) bond motifs is 1. The van der Waals surface area contributed by atoms with Crippen molar-refractivity contribution in [3.63, 3.8) is 0 Å². The van der Waals surface area contributed by atoms with Gasteiger partial charge in [-0.05, 0) is 13.0 Å². The average Bonchev–Trinajstić information content (AvgIpc) is 3.00. The highest BCUT2D eigenvalue weighted by molar-refractivity contribution is 6.00. The van der Waals surface area contributed by atoms with Crippen molar-refractivity contribution in [1.82, 2.24) is 4.90 Å². The molecule has 1 aromatic heterocycles. The number of nitrogens with zero attached hydrogens (tertiary/aromatic N) is 1. The lowest BCUT2D eigenvalue weighted by molar-refractivity contribution is -0.141. The van der Waals surface area contributed by atoms with Crippen LogP contribution in [0.2, 0.25) is 0 Å². The molecule has 1 fully saturated rings. The summed E-state index contributed by atoms with van der Waals surface area (Å²) in [7, 11) is 0. The summed E-state index contributed by atoms with van der Waals surface area (Å²) in [5.74, 6) is -1.47. The number of β-amino-alcohol motifs (C(OH)–C–C–N with tert-alkyl or cyclic N) is 1. The SMILES string of the molecule is Cc1c(C(=O)N2C[C@H](O)C[C@H]2C(=O)O)oc2ccccc12. The molecule has 1 amide bonds. The zero-order valence-electron chi connectivity index (χ0n) is 11.4. The summed E-state index contributed by atoms with van der Waals surface area (Å²) in [6, 6.07) is 6.24. The van der Waals surface area contributed by atoms with Crippen LogP contribution < -0.4 is 0 Å². The third-order valence-corrected chi connectivity index (χ3v) is 3.86. The van der Waals surface area contributed by atoms with Crippen LogP contribution in [-0.4, -0.2) is 45.7 Å². The van der Waals surface area contributed by atoms with Gasteiger partial charge in [0, 0.05) is 23.9 Å². The molecule has 1 aliphatic heterocycles. The summed E-state index contributed by atoms with van der Waals surface area (Å²) >= 11 is 0. The van der Waals surface area contributed by atoms with Crippen molar-refractivity contribution < 1.29 is 24.2 Å². The number of aliphatic carboxylic acids is 1. The maximum absolute atomic E-state index is 12.6. The number of carboxylic acid groups (broad SMARTS) is 1. The van der Waals surface area contributed by atoms with Crippen molar-refractivity contribution in [3.05, 3.63) is 35.6 Å². The molecule has 2 N–H and O–H groups in total. The number of para-hydroxylation sites is 1. The van der Waals surface area contributed by atoms with Crippen LogP contribution >= 0.6 is 0 Å². The highest BCUT2D eigenvalue weighted by Gasteiger charge is 2.40. The van der Waals surface area contributed by atoms with Crippen LogP contribution in [0.3, 0.4) is 0 Å². The van der Waals surface area contributed by atoms with E-state index >= 15 is 0 Å². The van der Waals surface area contributed by atoms with E-state index in [0.29, 0.717) is 11.1 Å². The normalized spacial score (nSPS) is 21.9. The molecule has 0 radical (unpaired) electrons. The number of rotatable bonds is 2. The van der Waals surface area contributed by atoms with Gasteiger partial charge < -0.3 is 19.5 Å². The number of hydrogen-bond donors (Lipinski definition) is 2. The quantitative estimate of drug-likeness (QED) is 0.872. The second-order valence-corrected chi connectivity index (χ2v) is 5.25. The van der Waals surface area contributed by atoms with Gasteiger partial charge in [-0.25, -0.2) is 4.79 Å². The molecule has 6 heteroatoms. The van der Waals surface area contributed by atoms with Gasteiger partial charge >= 0.3 is 5.97 Å². The number of amides is 1. The largest absolute Gasteiger partial charge is 0.480 e. The number of hydrogen-bond acceptors (Lipinski definition) is 4. The van der Waals surface area contributed by atoms with Crippen molar-refractivity contribution >= 4 is 22.8 Å². The van der Waals surface area contributed by atoms with Crippen LogP contribution in [0, 0.1) is 6.92 Å². The third-order valence-electron chi connectivity index (χ3n) is 3.86. The van der Waals surface area contributed by atoms with E-state index in [2.05, 4.69) is 0 Å². The van der Waals surface area contributed by atoms with E-state index in [1.165, 1.54) is 0 Å². The van der Waals surface area contributed by atoms with Gasteiger partial charge in [-0.15, -0.1) is 0 Å². The van der Waals surface area contributed by atoms with Crippen LogP contribution in [0.1, 0.15) is 22.5 Å². The number of carboxylic acids is 1. The Morgan fingerprint density at radius 1 is 1.33 bits per heavy atom. The lowest BCUT2D eigenvalue weighted by atomic mass is 10.1. The molecule has 3 rings (SSSR count). The number of carbonyl (C=O) groups excluding carboxylic acids is 1. The van der Waals surface area contributed by atoms with Gasteiger partial charge in [0.05, 0.1) is 6.10 Å². The molecule has 6 nitrogen and oxygen atoms in total. The molecule has 21 heavy (non-hydrogen) atoms. The second kappa shape index (κ2) is 4.89. The van der Waals surface area contributed by atoms with Crippen LogP contribution in [0.15, 0.2) is 28.7 Å². The van der Waals surface area contributed by atoms with Crippen LogP contribution in [0.4, 0.5) is 0 Å². The molecule has 2 aromatic rings. The minimum Gasteiger partial charge on any atom is -0.480 e. The Labute approximate surface area is 120 Å². The van der Waals surface area contributed by atoms with Crippen LogP contribution in [0.5, 0.6) is 0 Å². The fraction of sp³-hybridized carbons (Fsp3) is 0.333. The minimum atomic E-state index is -1.12. The van der Waals surface area contributed by atoms with E-state index in [-0.39, 0.29) is 18.7 Å². The lowest BCUT2D eigenvalue weighted by Crippen LogP contribution is -2.40. The summed E-state index contributed by atoms with van der Waals surface area (Å²) in [6.07, 6.45) is -0.778. The predicted molar refractivity (Wildman–Crippen MR) is 74.0 cm³/mol. The van der Waals surface area contributed by atoms with E-state index in [0.717, 1.165) is 10.3 Å². The number of aliphatic hydroxyl groups excluding tert-OH is 1. The second-order valence-electron chi connectivity index (χ2n) is 5.25. The first-order chi connectivity index (χ1) is 9.99. The average molecular weight is 289 g/mol. The molecule has 0 aliphatic carbocycles.